The van der Waals surface area contributed by atoms with Gasteiger partial charge in [-0.05, 0) is 68.4 Å². The fourth-order valence-electron chi connectivity index (χ4n) is 5.70. The van der Waals surface area contributed by atoms with Crippen molar-refractivity contribution in [1.82, 2.24) is 0 Å². The standard InChI is InChI=1S/C38H78O4Si2/c1-12-13-14-15-16-17-18-19-23-26-29-36(42-44(10,11)38(5,6)7)35-31-30-34(41-35)33(39)28-25-22-20-21-24-27-32-40-43(8,9)37(2,3)4/h34-36H,12-32H2,1-11H3/t34-,35-,36-/m0/s1. The third kappa shape index (κ3) is 16.7. The summed E-state index contributed by atoms with van der Waals surface area (Å²) in [5, 5.41) is 0.461. The maximum atomic E-state index is 13.1. The maximum absolute atomic E-state index is 13.1. The Morgan fingerprint density at radius 3 is 1.68 bits per heavy atom. The second kappa shape index (κ2) is 21.1. The van der Waals surface area contributed by atoms with E-state index in [1.54, 1.807) is 0 Å². The number of hydrogen-bond acceptors (Lipinski definition) is 4. The lowest BCUT2D eigenvalue weighted by Crippen LogP contribution is -2.47. The highest BCUT2D eigenvalue weighted by atomic mass is 28.4. The molecule has 0 N–H and O–H groups in total. The Labute approximate surface area is 278 Å². The second-order valence-electron chi connectivity index (χ2n) is 17.1. The molecule has 262 valence electrons. The Hall–Kier alpha value is -0.0162. The van der Waals surface area contributed by atoms with E-state index in [9.17, 15) is 4.79 Å². The van der Waals surface area contributed by atoms with Gasteiger partial charge in [0.2, 0.25) is 0 Å². The van der Waals surface area contributed by atoms with E-state index < -0.39 is 16.6 Å². The van der Waals surface area contributed by atoms with Gasteiger partial charge >= 0.3 is 0 Å². The van der Waals surface area contributed by atoms with Crippen molar-refractivity contribution in [3.05, 3.63) is 0 Å². The van der Waals surface area contributed by atoms with E-state index in [0.717, 1.165) is 45.1 Å². The minimum Gasteiger partial charge on any atom is -0.417 e. The van der Waals surface area contributed by atoms with Crippen LogP contribution in [0.4, 0.5) is 0 Å². The third-order valence-electron chi connectivity index (χ3n) is 11.0. The van der Waals surface area contributed by atoms with E-state index in [-0.39, 0.29) is 28.4 Å². The molecular formula is C38H78O4Si2. The quantitative estimate of drug-likeness (QED) is 0.0726. The molecule has 1 saturated heterocycles. The van der Waals surface area contributed by atoms with E-state index in [1.807, 2.05) is 0 Å². The summed E-state index contributed by atoms with van der Waals surface area (Å²) >= 11 is 0. The SMILES string of the molecule is CCCCCCCCCCCC[C@H](O[Si](C)(C)C(C)(C)C)[C@@H]1CC[C@@H](C(=O)CCCCCCCCO[Si](C)(C)C(C)(C)C)O1. The van der Waals surface area contributed by atoms with E-state index in [0.29, 0.717) is 12.2 Å². The van der Waals surface area contributed by atoms with Crippen molar-refractivity contribution in [2.24, 2.45) is 0 Å². The molecule has 0 spiro atoms. The van der Waals surface area contributed by atoms with Gasteiger partial charge in [0, 0.05) is 13.0 Å². The molecule has 0 bridgehead atoms. The zero-order chi connectivity index (χ0) is 33.3. The average molecular weight is 655 g/mol. The van der Waals surface area contributed by atoms with E-state index in [2.05, 4.69) is 74.7 Å². The number of Topliss-reactive ketones (excluding diaryl/α,β-unsaturated/α-hetero) is 1. The van der Waals surface area contributed by atoms with Crippen molar-refractivity contribution in [2.45, 2.75) is 231 Å². The molecule has 0 amide bonds. The lowest BCUT2D eigenvalue weighted by Gasteiger charge is -2.41. The van der Waals surface area contributed by atoms with E-state index >= 15 is 0 Å². The first-order chi connectivity index (χ1) is 20.5. The Morgan fingerprint density at radius 2 is 1.16 bits per heavy atom. The van der Waals surface area contributed by atoms with Gasteiger partial charge < -0.3 is 13.6 Å². The Morgan fingerprint density at radius 1 is 0.682 bits per heavy atom. The molecule has 0 aromatic heterocycles. The number of carbonyl (C=O) groups is 1. The molecule has 1 aliphatic rings. The molecule has 0 aromatic carbocycles. The maximum Gasteiger partial charge on any atom is 0.192 e. The average Bonchev–Trinajstić information content (AvgIpc) is 3.41. The van der Waals surface area contributed by atoms with Crippen LogP contribution in [0.1, 0.15) is 177 Å². The van der Waals surface area contributed by atoms with Crippen molar-refractivity contribution in [1.29, 1.82) is 0 Å². The molecule has 0 saturated carbocycles. The molecule has 44 heavy (non-hydrogen) atoms. The predicted molar refractivity (Wildman–Crippen MR) is 197 cm³/mol. The zero-order valence-corrected chi connectivity index (χ0v) is 33.7. The van der Waals surface area contributed by atoms with Crippen LogP contribution >= 0.6 is 0 Å². The number of rotatable bonds is 25. The highest BCUT2D eigenvalue weighted by molar-refractivity contribution is 6.74. The van der Waals surface area contributed by atoms with Crippen LogP contribution < -0.4 is 0 Å². The Kier molecular flexibility index (Phi) is 20.1. The lowest BCUT2D eigenvalue weighted by atomic mass is 10.0. The van der Waals surface area contributed by atoms with Gasteiger partial charge in [-0.1, -0.05) is 138 Å². The molecule has 0 aliphatic carbocycles. The summed E-state index contributed by atoms with van der Waals surface area (Å²) in [4.78, 5) is 13.1. The molecule has 1 aliphatic heterocycles. The number of ether oxygens (including phenoxy) is 1. The summed E-state index contributed by atoms with van der Waals surface area (Å²) in [5.74, 6) is 0.320. The molecule has 0 radical (unpaired) electrons. The minimum absolute atomic E-state index is 0.0742. The molecular weight excluding hydrogens is 577 g/mol. The minimum atomic E-state index is -1.91. The van der Waals surface area contributed by atoms with Crippen LogP contribution in [0.15, 0.2) is 0 Å². The predicted octanol–water partition coefficient (Wildman–Crippen LogP) is 12.6. The highest BCUT2D eigenvalue weighted by Gasteiger charge is 2.43. The van der Waals surface area contributed by atoms with Crippen molar-refractivity contribution in [3.63, 3.8) is 0 Å². The van der Waals surface area contributed by atoms with Gasteiger partial charge in [0.1, 0.15) is 6.10 Å². The highest BCUT2D eigenvalue weighted by Crippen LogP contribution is 2.40. The first-order valence-corrected chi connectivity index (χ1v) is 24.8. The third-order valence-corrected chi connectivity index (χ3v) is 20.0. The fraction of sp³-hybridized carbons (Fsp3) is 0.974. The molecule has 1 heterocycles. The second-order valence-corrected chi connectivity index (χ2v) is 26.6. The van der Waals surface area contributed by atoms with Crippen LogP contribution in [0, 0.1) is 0 Å². The summed E-state index contributed by atoms with van der Waals surface area (Å²) < 4.78 is 19.8. The number of hydrogen-bond donors (Lipinski definition) is 0. The normalized spacial score (nSPS) is 19.1. The van der Waals surface area contributed by atoms with Crippen molar-refractivity contribution in [2.75, 3.05) is 6.61 Å². The first kappa shape index (κ1) is 42.0. The summed E-state index contributed by atoms with van der Waals surface area (Å²) in [7, 11) is -3.53. The van der Waals surface area contributed by atoms with Crippen LogP contribution in [0.2, 0.25) is 36.3 Å². The molecule has 3 atom stereocenters. The number of unbranched alkanes of at least 4 members (excludes halogenated alkanes) is 14. The van der Waals surface area contributed by atoms with Gasteiger partial charge in [0.25, 0.3) is 0 Å². The van der Waals surface area contributed by atoms with Gasteiger partial charge in [-0.2, -0.15) is 0 Å². The van der Waals surface area contributed by atoms with E-state index in [1.165, 1.54) is 83.5 Å². The number of carbonyl (C=O) groups excluding carboxylic acids is 1. The van der Waals surface area contributed by atoms with Crippen LogP contribution in [0.3, 0.4) is 0 Å². The summed E-state index contributed by atoms with van der Waals surface area (Å²) in [6.07, 6.45) is 24.0. The zero-order valence-electron chi connectivity index (χ0n) is 31.7. The van der Waals surface area contributed by atoms with Crippen LogP contribution in [-0.4, -0.2) is 47.3 Å². The van der Waals surface area contributed by atoms with E-state index in [4.69, 9.17) is 13.6 Å². The molecule has 1 rings (SSSR count). The van der Waals surface area contributed by atoms with Crippen LogP contribution in [-0.2, 0) is 18.4 Å². The van der Waals surface area contributed by atoms with Crippen LogP contribution in [0.25, 0.3) is 0 Å². The van der Waals surface area contributed by atoms with Crippen molar-refractivity contribution < 1.29 is 18.4 Å². The van der Waals surface area contributed by atoms with Gasteiger partial charge in [-0.25, -0.2) is 0 Å². The Balaban J connectivity index is 2.38. The lowest BCUT2D eigenvalue weighted by molar-refractivity contribution is -0.132. The first-order valence-electron chi connectivity index (χ1n) is 19.0. The smallest absolute Gasteiger partial charge is 0.192 e. The van der Waals surface area contributed by atoms with Crippen molar-refractivity contribution >= 4 is 22.4 Å². The molecule has 6 heteroatoms. The van der Waals surface area contributed by atoms with Gasteiger partial charge in [0.15, 0.2) is 22.4 Å². The van der Waals surface area contributed by atoms with Crippen molar-refractivity contribution in [3.8, 4) is 0 Å². The topological polar surface area (TPSA) is 44.8 Å². The van der Waals surface area contributed by atoms with Gasteiger partial charge in [-0.3, -0.25) is 4.79 Å². The molecule has 0 unspecified atom stereocenters. The molecule has 4 nitrogen and oxygen atoms in total. The molecule has 1 fully saturated rings. The largest absolute Gasteiger partial charge is 0.417 e. The Bertz CT molecular complexity index is 753. The monoisotopic (exact) mass is 655 g/mol. The summed E-state index contributed by atoms with van der Waals surface area (Å²) in [5.41, 5.74) is 0. The van der Waals surface area contributed by atoms with Crippen LogP contribution in [0.5, 0.6) is 0 Å². The van der Waals surface area contributed by atoms with Gasteiger partial charge in [-0.15, -0.1) is 0 Å². The fourth-order valence-corrected chi connectivity index (χ4v) is 8.16. The van der Waals surface area contributed by atoms with Gasteiger partial charge in [0.05, 0.1) is 12.2 Å². The summed E-state index contributed by atoms with van der Waals surface area (Å²) in [6, 6.07) is 0. The molecule has 0 aromatic rings. The summed E-state index contributed by atoms with van der Waals surface area (Å²) in [6.45, 7) is 26.4. The number of ketones is 1.